The first-order chi connectivity index (χ1) is 9.44. The van der Waals surface area contributed by atoms with E-state index in [0.29, 0.717) is 17.9 Å². The van der Waals surface area contributed by atoms with Crippen LogP contribution in [0.2, 0.25) is 0 Å². The van der Waals surface area contributed by atoms with Gasteiger partial charge in [0.2, 0.25) is 10.0 Å². The van der Waals surface area contributed by atoms with Crippen molar-refractivity contribution in [3.63, 3.8) is 0 Å². The fourth-order valence-electron chi connectivity index (χ4n) is 1.55. The van der Waals surface area contributed by atoms with Gasteiger partial charge in [-0.15, -0.1) is 0 Å². The first-order valence-corrected chi connectivity index (χ1v) is 8.29. The number of nitrogens with one attached hydrogen (secondary N) is 1. The topological polar surface area (TPSA) is 72.5 Å². The lowest BCUT2D eigenvalue weighted by Gasteiger charge is -2.09. The van der Waals surface area contributed by atoms with E-state index in [1.54, 1.807) is 18.2 Å². The molecule has 6 heteroatoms. The van der Waals surface area contributed by atoms with Crippen molar-refractivity contribution in [1.29, 1.82) is 0 Å². The summed E-state index contributed by atoms with van der Waals surface area (Å²) in [6.07, 6.45) is 1.94. The highest BCUT2D eigenvalue weighted by Gasteiger charge is 2.11. The SMILES string of the molecule is CCCCOCCS(=O)(=O)Nc1cccc(C(C)=O)c1. The summed E-state index contributed by atoms with van der Waals surface area (Å²) in [6, 6.07) is 6.43. The molecular weight excluding hydrogens is 278 g/mol. The quantitative estimate of drug-likeness (QED) is 0.561. The summed E-state index contributed by atoms with van der Waals surface area (Å²) in [6.45, 7) is 4.23. The molecule has 0 heterocycles. The first-order valence-electron chi connectivity index (χ1n) is 6.64. The van der Waals surface area contributed by atoms with Gasteiger partial charge in [0.05, 0.1) is 12.4 Å². The summed E-state index contributed by atoms with van der Waals surface area (Å²) in [5.74, 6) is -0.199. The van der Waals surface area contributed by atoms with E-state index in [1.165, 1.54) is 13.0 Å². The Morgan fingerprint density at radius 2 is 2.05 bits per heavy atom. The van der Waals surface area contributed by atoms with Crippen LogP contribution in [0.4, 0.5) is 5.69 Å². The second-order valence-electron chi connectivity index (χ2n) is 4.52. The average molecular weight is 299 g/mol. The van der Waals surface area contributed by atoms with Crippen molar-refractivity contribution in [3.8, 4) is 0 Å². The predicted octanol–water partition coefficient (Wildman–Crippen LogP) is 2.45. The van der Waals surface area contributed by atoms with Gasteiger partial charge >= 0.3 is 0 Å². The normalized spacial score (nSPS) is 11.3. The van der Waals surface area contributed by atoms with Gasteiger partial charge in [-0.3, -0.25) is 9.52 Å². The number of rotatable bonds is 9. The van der Waals surface area contributed by atoms with Gasteiger partial charge in [0.15, 0.2) is 5.78 Å². The van der Waals surface area contributed by atoms with Crippen molar-refractivity contribution in [2.75, 3.05) is 23.7 Å². The molecule has 0 atom stereocenters. The maximum absolute atomic E-state index is 11.8. The van der Waals surface area contributed by atoms with E-state index in [9.17, 15) is 13.2 Å². The van der Waals surface area contributed by atoms with Crippen molar-refractivity contribution < 1.29 is 17.9 Å². The minimum atomic E-state index is -3.45. The molecule has 5 nitrogen and oxygen atoms in total. The maximum Gasteiger partial charge on any atom is 0.234 e. The van der Waals surface area contributed by atoms with E-state index in [2.05, 4.69) is 4.72 Å². The molecule has 1 aromatic rings. The molecule has 0 aliphatic rings. The summed E-state index contributed by atoms with van der Waals surface area (Å²) in [4.78, 5) is 11.2. The Bertz CT molecular complexity index is 540. The average Bonchev–Trinajstić information content (AvgIpc) is 2.38. The van der Waals surface area contributed by atoms with Crippen molar-refractivity contribution in [2.24, 2.45) is 0 Å². The Morgan fingerprint density at radius 1 is 1.30 bits per heavy atom. The fourth-order valence-corrected chi connectivity index (χ4v) is 2.47. The molecule has 0 spiro atoms. The lowest BCUT2D eigenvalue weighted by Crippen LogP contribution is -2.20. The summed E-state index contributed by atoms with van der Waals surface area (Å²) in [5.41, 5.74) is 0.871. The van der Waals surface area contributed by atoms with E-state index in [1.807, 2.05) is 6.92 Å². The molecule has 20 heavy (non-hydrogen) atoms. The molecule has 1 rings (SSSR count). The monoisotopic (exact) mass is 299 g/mol. The van der Waals surface area contributed by atoms with Gasteiger partial charge < -0.3 is 4.74 Å². The molecule has 0 radical (unpaired) electrons. The highest BCUT2D eigenvalue weighted by molar-refractivity contribution is 7.92. The number of ether oxygens (including phenoxy) is 1. The van der Waals surface area contributed by atoms with E-state index in [4.69, 9.17) is 4.74 Å². The van der Waals surface area contributed by atoms with Gasteiger partial charge in [-0.2, -0.15) is 0 Å². The van der Waals surface area contributed by atoms with Crippen LogP contribution in [0.1, 0.15) is 37.0 Å². The third-order valence-corrected chi connectivity index (χ3v) is 3.93. The zero-order chi connectivity index (χ0) is 15.0. The second kappa shape index (κ2) is 8.01. The number of sulfonamides is 1. The molecule has 0 bridgehead atoms. The summed E-state index contributed by atoms with van der Waals surface area (Å²) in [5, 5.41) is 0. The Morgan fingerprint density at radius 3 is 2.70 bits per heavy atom. The summed E-state index contributed by atoms with van der Waals surface area (Å²) in [7, 11) is -3.45. The van der Waals surface area contributed by atoms with Crippen LogP contribution in [0.15, 0.2) is 24.3 Å². The van der Waals surface area contributed by atoms with Crippen molar-refractivity contribution in [1.82, 2.24) is 0 Å². The molecule has 0 aliphatic carbocycles. The minimum absolute atomic E-state index is 0.0962. The fraction of sp³-hybridized carbons (Fsp3) is 0.500. The molecule has 0 saturated heterocycles. The number of carbonyl (C=O) groups is 1. The highest BCUT2D eigenvalue weighted by Crippen LogP contribution is 2.13. The molecule has 1 aromatic carbocycles. The van der Waals surface area contributed by atoms with E-state index in [0.717, 1.165) is 12.8 Å². The van der Waals surface area contributed by atoms with Crippen molar-refractivity contribution in [3.05, 3.63) is 29.8 Å². The van der Waals surface area contributed by atoms with Crippen LogP contribution in [0.3, 0.4) is 0 Å². The number of unbranched alkanes of at least 4 members (excludes halogenated alkanes) is 1. The number of Topliss-reactive ketones (excluding diaryl/α,β-unsaturated/α-hetero) is 1. The Kier molecular flexibility index (Phi) is 6.67. The lowest BCUT2D eigenvalue weighted by molar-refractivity contribution is 0.101. The number of anilines is 1. The molecule has 0 aliphatic heterocycles. The summed E-state index contributed by atoms with van der Waals surface area (Å²) < 4.78 is 31.4. The van der Waals surface area contributed by atoms with Crippen LogP contribution < -0.4 is 4.72 Å². The van der Waals surface area contributed by atoms with Crippen LogP contribution in [0.5, 0.6) is 0 Å². The van der Waals surface area contributed by atoms with Crippen LogP contribution in [-0.2, 0) is 14.8 Å². The molecule has 1 N–H and O–H groups in total. The molecule has 0 saturated carbocycles. The number of carbonyl (C=O) groups excluding carboxylic acids is 1. The standard InChI is InChI=1S/C14H21NO4S/c1-3-4-8-19-9-10-20(17,18)15-14-7-5-6-13(11-14)12(2)16/h5-7,11,15H,3-4,8-10H2,1-2H3. The van der Waals surface area contributed by atoms with Crippen LogP contribution in [0.25, 0.3) is 0 Å². The predicted molar refractivity (Wildman–Crippen MR) is 79.6 cm³/mol. The number of hydrogen-bond acceptors (Lipinski definition) is 4. The van der Waals surface area contributed by atoms with Gasteiger partial charge in [-0.1, -0.05) is 25.5 Å². The second-order valence-corrected chi connectivity index (χ2v) is 6.37. The smallest absolute Gasteiger partial charge is 0.234 e. The third kappa shape index (κ3) is 6.16. The van der Waals surface area contributed by atoms with Crippen LogP contribution >= 0.6 is 0 Å². The Hall–Kier alpha value is -1.40. The van der Waals surface area contributed by atoms with Crippen molar-refractivity contribution in [2.45, 2.75) is 26.7 Å². The largest absolute Gasteiger partial charge is 0.380 e. The Balaban J connectivity index is 2.53. The van der Waals surface area contributed by atoms with Gasteiger partial charge in [0.25, 0.3) is 0 Å². The lowest BCUT2D eigenvalue weighted by atomic mass is 10.1. The first kappa shape index (κ1) is 16.7. The van der Waals surface area contributed by atoms with E-state index in [-0.39, 0.29) is 18.1 Å². The molecule has 0 amide bonds. The van der Waals surface area contributed by atoms with Gasteiger partial charge in [0.1, 0.15) is 0 Å². The molecule has 0 unspecified atom stereocenters. The highest BCUT2D eigenvalue weighted by atomic mass is 32.2. The van der Waals surface area contributed by atoms with E-state index < -0.39 is 10.0 Å². The van der Waals surface area contributed by atoms with Crippen molar-refractivity contribution >= 4 is 21.5 Å². The van der Waals surface area contributed by atoms with Gasteiger partial charge in [-0.25, -0.2) is 8.42 Å². The summed E-state index contributed by atoms with van der Waals surface area (Å²) >= 11 is 0. The van der Waals surface area contributed by atoms with Crippen LogP contribution in [0, 0.1) is 0 Å². The van der Waals surface area contributed by atoms with Crippen LogP contribution in [-0.4, -0.2) is 33.2 Å². The van der Waals surface area contributed by atoms with E-state index >= 15 is 0 Å². The molecule has 0 aromatic heterocycles. The molecule has 0 fully saturated rings. The zero-order valence-corrected chi connectivity index (χ0v) is 12.7. The zero-order valence-electron chi connectivity index (χ0n) is 11.9. The Labute approximate surface area is 120 Å². The minimum Gasteiger partial charge on any atom is -0.380 e. The molecular formula is C14H21NO4S. The molecule has 112 valence electrons. The third-order valence-electron chi connectivity index (χ3n) is 2.68. The number of hydrogen-bond donors (Lipinski definition) is 1. The van der Waals surface area contributed by atoms with Gasteiger partial charge in [-0.05, 0) is 25.5 Å². The maximum atomic E-state index is 11.8. The number of benzene rings is 1. The van der Waals surface area contributed by atoms with Gasteiger partial charge in [0, 0.05) is 17.9 Å². The number of ketones is 1.